The Hall–Kier alpha value is -2.41. The van der Waals surface area contributed by atoms with Crippen LogP contribution in [0.5, 0.6) is 0 Å². The highest BCUT2D eigenvalue weighted by atomic mass is 16.2. The number of rotatable bonds is 4. The number of urea groups is 1. The molecule has 1 N–H and O–H groups in total. The number of Topliss-reactive ketones (excluding diaryl/α,β-unsaturated/α-hetero) is 1. The predicted octanol–water partition coefficient (Wildman–Crippen LogP) is 1.52. The van der Waals surface area contributed by atoms with E-state index in [-0.39, 0.29) is 23.8 Å². The van der Waals surface area contributed by atoms with Crippen LogP contribution in [0.25, 0.3) is 0 Å². The summed E-state index contributed by atoms with van der Waals surface area (Å²) in [5.41, 5.74) is 1.29. The molecule has 1 aliphatic rings. The lowest BCUT2D eigenvalue weighted by Gasteiger charge is -2.38. The molecule has 1 heterocycles. The van der Waals surface area contributed by atoms with Crippen molar-refractivity contribution in [3.8, 4) is 0 Å². The zero-order valence-corrected chi connectivity index (χ0v) is 15.3. The molecule has 136 valence electrons. The minimum absolute atomic E-state index is 0.00214. The van der Waals surface area contributed by atoms with Crippen molar-refractivity contribution in [3.05, 3.63) is 29.8 Å². The van der Waals surface area contributed by atoms with Crippen LogP contribution < -0.4 is 5.32 Å². The van der Waals surface area contributed by atoms with Crippen LogP contribution >= 0.6 is 0 Å². The molecule has 7 nitrogen and oxygen atoms in total. The zero-order valence-electron chi connectivity index (χ0n) is 15.3. The van der Waals surface area contributed by atoms with E-state index in [4.69, 9.17) is 0 Å². The first-order valence-electron chi connectivity index (χ1n) is 8.41. The molecule has 3 amide bonds. The van der Waals surface area contributed by atoms with Crippen molar-refractivity contribution in [2.24, 2.45) is 0 Å². The molecule has 1 aromatic carbocycles. The molecule has 1 aromatic rings. The third-order valence-corrected chi connectivity index (χ3v) is 4.45. The topological polar surface area (TPSA) is 73.0 Å². The van der Waals surface area contributed by atoms with E-state index in [0.717, 1.165) is 0 Å². The molecule has 0 aliphatic carbocycles. The quantitative estimate of drug-likeness (QED) is 0.839. The van der Waals surface area contributed by atoms with Crippen LogP contribution in [-0.4, -0.2) is 78.7 Å². The second kappa shape index (κ2) is 8.11. The van der Waals surface area contributed by atoms with Gasteiger partial charge in [0.15, 0.2) is 5.78 Å². The average Bonchev–Trinajstić information content (AvgIpc) is 2.60. The highest BCUT2D eigenvalue weighted by molar-refractivity contribution is 5.97. The molecule has 2 rings (SSSR count). The van der Waals surface area contributed by atoms with Gasteiger partial charge < -0.3 is 15.1 Å². The minimum atomic E-state index is -0.288. The molecule has 7 heteroatoms. The van der Waals surface area contributed by atoms with Crippen molar-refractivity contribution in [1.82, 2.24) is 14.7 Å². The van der Waals surface area contributed by atoms with E-state index in [1.165, 1.54) is 6.92 Å². The van der Waals surface area contributed by atoms with E-state index in [1.807, 2.05) is 6.92 Å². The Kier molecular flexibility index (Phi) is 6.14. The first-order chi connectivity index (χ1) is 11.8. The van der Waals surface area contributed by atoms with E-state index < -0.39 is 0 Å². The second-order valence-corrected chi connectivity index (χ2v) is 6.50. The Bertz CT molecular complexity index is 634. The number of nitrogens with one attached hydrogen (secondary N) is 1. The zero-order chi connectivity index (χ0) is 18.6. The van der Waals surface area contributed by atoms with Crippen molar-refractivity contribution in [3.63, 3.8) is 0 Å². The van der Waals surface area contributed by atoms with Crippen molar-refractivity contribution in [2.45, 2.75) is 19.9 Å². The SMILES string of the molecule is CC(=O)c1ccc(NC(=O)[C@H](C)N2CCN(C(=O)N(C)C)CC2)cc1. The van der Waals surface area contributed by atoms with Gasteiger partial charge in [-0.15, -0.1) is 0 Å². The number of carbonyl (C=O) groups excluding carboxylic acids is 3. The Morgan fingerprint density at radius 2 is 1.60 bits per heavy atom. The highest BCUT2D eigenvalue weighted by Crippen LogP contribution is 2.13. The lowest BCUT2D eigenvalue weighted by Crippen LogP contribution is -2.55. The van der Waals surface area contributed by atoms with Crippen molar-refractivity contribution in [1.29, 1.82) is 0 Å². The standard InChI is InChI=1S/C18H26N4O3/c1-13(21-9-11-22(12-10-21)18(25)20(3)4)17(24)19-16-7-5-15(6-8-16)14(2)23/h5-8,13H,9-12H2,1-4H3,(H,19,24)/t13-/m0/s1. The molecular formula is C18H26N4O3. The largest absolute Gasteiger partial charge is 0.331 e. The fraction of sp³-hybridized carbons (Fsp3) is 0.500. The van der Waals surface area contributed by atoms with Gasteiger partial charge in [-0.05, 0) is 38.1 Å². The summed E-state index contributed by atoms with van der Waals surface area (Å²) in [5, 5.41) is 2.88. The van der Waals surface area contributed by atoms with E-state index in [2.05, 4.69) is 10.2 Å². The van der Waals surface area contributed by atoms with Crippen molar-refractivity contribution < 1.29 is 14.4 Å². The van der Waals surface area contributed by atoms with Gasteiger partial charge in [0, 0.05) is 51.5 Å². The Labute approximate surface area is 148 Å². The Morgan fingerprint density at radius 3 is 2.08 bits per heavy atom. The van der Waals surface area contributed by atoms with Crippen LogP contribution in [0.3, 0.4) is 0 Å². The number of anilines is 1. The lowest BCUT2D eigenvalue weighted by atomic mass is 10.1. The van der Waals surface area contributed by atoms with Gasteiger partial charge in [-0.1, -0.05) is 0 Å². The molecule has 1 fully saturated rings. The molecule has 0 unspecified atom stereocenters. The number of amides is 3. The van der Waals surface area contributed by atoms with Gasteiger partial charge in [-0.2, -0.15) is 0 Å². The fourth-order valence-electron chi connectivity index (χ4n) is 2.78. The summed E-state index contributed by atoms with van der Waals surface area (Å²) in [7, 11) is 3.48. The van der Waals surface area contributed by atoms with Gasteiger partial charge >= 0.3 is 6.03 Å². The van der Waals surface area contributed by atoms with Crippen molar-refractivity contribution in [2.75, 3.05) is 45.6 Å². The Balaban J connectivity index is 1.88. The predicted molar refractivity (Wildman–Crippen MR) is 96.8 cm³/mol. The average molecular weight is 346 g/mol. The van der Waals surface area contributed by atoms with E-state index >= 15 is 0 Å². The number of hydrogen-bond donors (Lipinski definition) is 1. The first kappa shape index (κ1) is 18.9. The minimum Gasteiger partial charge on any atom is -0.331 e. The van der Waals surface area contributed by atoms with Crippen LogP contribution in [-0.2, 0) is 4.79 Å². The van der Waals surface area contributed by atoms with Crippen LogP contribution in [0.4, 0.5) is 10.5 Å². The molecular weight excluding hydrogens is 320 g/mol. The van der Waals surface area contributed by atoms with Crippen molar-refractivity contribution >= 4 is 23.4 Å². The normalized spacial score (nSPS) is 16.2. The smallest absolute Gasteiger partial charge is 0.319 e. The third-order valence-electron chi connectivity index (χ3n) is 4.45. The maximum Gasteiger partial charge on any atom is 0.319 e. The van der Waals surface area contributed by atoms with E-state index in [9.17, 15) is 14.4 Å². The molecule has 25 heavy (non-hydrogen) atoms. The molecule has 0 saturated carbocycles. The van der Waals surface area contributed by atoms with Gasteiger partial charge in [-0.25, -0.2) is 4.79 Å². The number of nitrogens with zero attached hydrogens (tertiary/aromatic N) is 3. The first-order valence-corrected chi connectivity index (χ1v) is 8.41. The van der Waals surface area contributed by atoms with Crippen LogP contribution in [0, 0.1) is 0 Å². The summed E-state index contributed by atoms with van der Waals surface area (Å²) in [4.78, 5) is 41.1. The maximum absolute atomic E-state index is 12.4. The summed E-state index contributed by atoms with van der Waals surface area (Å²) < 4.78 is 0. The summed E-state index contributed by atoms with van der Waals surface area (Å²) in [5.74, 6) is -0.0978. The molecule has 1 saturated heterocycles. The van der Waals surface area contributed by atoms with Crippen LogP contribution in [0.15, 0.2) is 24.3 Å². The van der Waals surface area contributed by atoms with E-state index in [1.54, 1.807) is 48.2 Å². The lowest BCUT2D eigenvalue weighted by molar-refractivity contribution is -0.121. The molecule has 0 spiro atoms. The number of hydrogen-bond acceptors (Lipinski definition) is 4. The molecule has 0 radical (unpaired) electrons. The van der Waals surface area contributed by atoms with Crippen LogP contribution in [0.1, 0.15) is 24.2 Å². The monoisotopic (exact) mass is 346 g/mol. The Morgan fingerprint density at radius 1 is 1.04 bits per heavy atom. The summed E-state index contributed by atoms with van der Waals surface area (Å²) in [6.07, 6.45) is 0. The molecule has 0 bridgehead atoms. The maximum atomic E-state index is 12.4. The third kappa shape index (κ3) is 4.79. The van der Waals surface area contributed by atoms with Gasteiger partial charge in [0.25, 0.3) is 0 Å². The number of carbonyl (C=O) groups is 3. The van der Waals surface area contributed by atoms with E-state index in [0.29, 0.717) is 37.4 Å². The number of piperazine rings is 1. The van der Waals surface area contributed by atoms with Crippen LogP contribution in [0.2, 0.25) is 0 Å². The summed E-state index contributed by atoms with van der Waals surface area (Å²) in [6.45, 7) is 5.93. The second-order valence-electron chi connectivity index (χ2n) is 6.50. The fourth-order valence-corrected chi connectivity index (χ4v) is 2.78. The van der Waals surface area contributed by atoms with Gasteiger partial charge in [0.05, 0.1) is 6.04 Å². The highest BCUT2D eigenvalue weighted by Gasteiger charge is 2.28. The van der Waals surface area contributed by atoms with Gasteiger partial charge in [0.2, 0.25) is 5.91 Å². The molecule has 0 aromatic heterocycles. The number of ketones is 1. The molecule has 1 atom stereocenters. The molecule has 1 aliphatic heterocycles. The summed E-state index contributed by atoms with van der Waals surface area (Å²) in [6, 6.07) is 6.58. The number of benzene rings is 1. The van der Waals surface area contributed by atoms with Gasteiger partial charge in [0.1, 0.15) is 0 Å². The summed E-state index contributed by atoms with van der Waals surface area (Å²) >= 11 is 0. The van der Waals surface area contributed by atoms with Gasteiger partial charge in [-0.3, -0.25) is 14.5 Å².